The van der Waals surface area contributed by atoms with Gasteiger partial charge in [0, 0.05) is 62.9 Å². The molecule has 0 aliphatic carbocycles. The summed E-state index contributed by atoms with van der Waals surface area (Å²) in [5, 5.41) is 2.16. The minimum absolute atomic E-state index is 0.309. The van der Waals surface area contributed by atoms with Crippen LogP contribution in [0.3, 0.4) is 0 Å². The van der Waals surface area contributed by atoms with E-state index in [4.69, 9.17) is 4.74 Å². The molecular formula is C20H35N3O3S2. The molecule has 160 valence electrons. The largest absolute Gasteiger partial charge is 0.381 e. The highest BCUT2D eigenvalue weighted by Crippen LogP contribution is 2.24. The van der Waals surface area contributed by atoms with Crippen molar-refractivity contribution in [2.45, 2.75) is 51.2 Å². The predicted molar refractivity (Wildman–Crippen MR) is 115 cm³/mol. The predicted octanol–water partition coefficient (Wildman–Crippen LogP) is 2.39. The first-order valence-corrected chi connectivity index (χ1v) is 13.1. The summed E-state index contributed by atoms with van der Waals surface area (Å²) >= 11 is 1.83. The second kappa shape index (κ2) is 10.00. The Kier molecular flexibility index (Phi) is 7.92. The first kappa shape index (κ1) is 22.2. The number of hydrogen-bond acceptors (Lipinski definition) is 6. The van der Waals surface area contributed by atoms with E-state index < -0.39 is 10.0 Å². The summed E-state index contributed by atoms with van der Waals surface area (Å²) in [6, 6.07) is 2.99. The summed E-state index contributed by atoms with van der Waals surface area (Å²) in [6.07, 6.45) is 5.45. The van der Waals surface area contributed by atoms with Crippen LogP contribution >= 0.6 is 11.3 Å². The zero-order valence-corrected chi connectivity index (χ0v) is 19.1. The summed E-state index contributed by atoms with van der Waals surface area (Å²) in [7, 11) is -0.935. The van der Waals surface area contributed by atoms with Crippen molar-refractivity contribution in [3.05, 3.63) is 21.9 Å². The quantitative estimate of drug-likeness (QED) is 0.635. The average molecular weight is 430 g/mol. The Labute approximate surface area is 174 Å². The molecule has 0 saturated carbocycles. The molecule has 1 atom stereocenters. The number of hydrogen-bond donors (Lipinski definition) is 0. The zero-order chi connectivity index (χ0) is 20.1. The third-order valence-corrected chi connectivity index (χ3v) is 8.36. The first-order chi connectivity index (χ1) is 13.3. The van der Waals surface area contributed by atoms with E-state index in [0.29, 0.717) is 25.2 Å². The van der Waals surface area contributed by atoms with Gasteiger partial charge in [0.15, 0.2) is 0 Å². The fraction of sp³-hybridized carbons (Fsp3) is 0.800. The van der Waals surface area contributed by atoms with Gasteiger partial charge in [0.05, 0.1) is 6.26 Å². The van der Waals surface area contributed by atoms with Gasteiger partial charge in [0.25, 0.3) is 0 Å². The summed E-state index contributed by atoms with van der Waals surface area (Å²) in [6.45, 7) is 8.04. The van der Waals surface area contributed by atoms with Crippen LogP contribution in [0.4, 0.5) is 0 Å². The van der Waals surface area contributed by atoms with Gasteiger partial charge in [0.2, 0.25) is 10.0 Å². The molecule has 0 radical (unpaired) electrons. The molecule has 0 bridgehead atoms. The Bertz CT molecular complexity index is 716. The Morgan fingerprint density at radius 3 is 2.61 bits per heavy atom. The molecule has 1 unspecified atom stereocenters. The number of likely N-dealkylation sites (N-methyl/N-ethyl adjacent to an activating group) is 1. The first-order valence-electron chi connectivity index (χ1n) is 10.3. The molecule has 0 amide bonds. The maximum absolute atomic E-state index is 12.1. The standard InChI is InChI=1S/C20H35N3O3S2/c1-17-8-14-27-20(17)16-21(2)10-11-23(18-6-12-26-13-7-18)19-5-4-9-22(15-19)28(3,24)25/h8,14,18-19H,4-7,9-13,15-16H2,1-3H3. The van der Waals surface area contributed by atoms with Gasteiger partial charge in [-0.1, -0.05) is 0 Å². The fourth-order valence-electron chi connectivity index (χ4n) is 4.35. The Hall–Kier alpha value is -0.510. The number of rotatable bonds is 8. The van der Waals surface area contributed by atoms with E-state index in [9.17, 15) is 8.42 Å². The van der Waals surface area contributed by atoms with E-state index in [0.717, 1.165) is 58.5 Å². The van der Waals surface area contributed by atoms with Crippen molar-refractivity contribution in [3.8, 4) is 0 Å². The molecule has 8 heteroatoms. The van der Waals surface area contributed by atoms with Crippen LogP contribution in [0.2, 0.25) is 0 Å². The van der Waals surface area contributed by atoms with Gasteiger partial charge in [0.1, 0.15) is 0 Å². The molecule has 3 heterocycles. The number of sulfonamides is 1. The fourth-order valence-corrected chi connectivity index (χ4v) is 6.24. The zero-order valence-electron chi connectivity index (χ0n) is 17.5. The van der Waals surface area contributed by atoms with Crippen LogP contribution in [0.15, 0.2) is 11.4 Å². The van der Waals surface area contributed by atoms with Crippen molar-refractivity contribution in [2.75, 3.05) is 52.7 Å². The molecule has 0 spiro atoms. The minimum atomic E-state index is -3.12. The Morgan fingerprint density at radius 1 is 1.21 bits per heavy atom. The van der Waals surface area contributed by atoms with E-state index in [1.54, 1.807) is 4.31 Å². The minimum Gasteiger partial charge on any atom is -0.381 e. The van der Waals surface area contributed by atoms with E-state index in [-0.39, 0.29) is 0 Å². The van der Waals surface area contributed by atoms with Gasteiger partial charge < -0.3 is 9.64 Å². The number of aryl methyl sites for hydroxylation is 1. The molecule has 6 nitrogen and oxygen atoms in total. The number of piperidine rings is 1. The molecule has 2 fully saturated rings. The van der Waals surface area contributed by atoms with Crippen molar-refractivity contribution >= 4 is 21.4 Å². The smallest absolute Gasteiger partial charge is 0.211 e. The van der Waals surface area contributed by atoms with Gasteiger partial charge in [-0.15, -0.1) is 11.3 Å². The van der Waals surface area contributed by atoms with Crippen molar-refractivity contribution < 1.29 is 13.2 Å². The van der Waals surface area contributed by atoms with E-state index >= 15 is 0 Å². The van der Waals surface area contributed by atoms with Crippen LogP contribution < -0.4 is 0 Å². The maximum Gasteiger partial charge on any atom is 0.211 e. The lowest BCUT2D eigenvalue weighted by atomic mass is 9.99. The van der Waals surface area contributed by atoms with Crippen LogP contribution in [-0.4, -0.2) is 87.3 Å². The van der Waals surface area contributed by atoms with Crippen molar-refractivity contribution in [1.29, 1.82) is 0 Å². The number of ether oxygens (including phenoxy) is 1. The topological polar surface area (TPSA) is 53.1 Å². The highest BCUT2D eigenvalue weighted by atomic mass is 32.2. The summed E-state index contributed by atoms with van der Waals surface area (Å²) in [5.74, 6) is 0. The molecule has 2 aliphatic rings. The molecule has 3 rings (SSSR count). The number of nitrogens with zero attached hydrogens (tertiary/aromatic N) is 3. The molecule has 2 saturated heterocycles. The highest BCUT2D eigenvalue weighted by molar-refractivity contribution is 7.88. The van der Waals surface area contributed by atoms with Crippen molar-refractivity contribution in [3.63, 3.8) is 0 Å². The SMILES string of the molecule is Cc1ccsc1CN(C)CCN(C1CCOCC1)C1CCCN(S(C)(=O)=O)C1. The van der Waals surface area contributed by atoms with Gasteiger partial charge in [-0.05, 0) is 56.7 Å². The van der Waals surface area contributed by atoms with Gasteiger partial charge in [-0.25, -0.2) is 12.7 Å². The van der Waals surface area contributed by atoms with Crippen molar-refractivity contribution in [2.24, 2.45) is 0 Å². The van der Waals surface area contributed by atoms with E-state index in [1.165, 1.54) is 16.7 Å². The van der Waals surface area contributed by atoms with Crippen LogP contribution in [0.25, 0.3) is 0 Å². The van der Waals surface area contributed by atoms with Crippen LogP contribution in [0.5, 0.6) is 0 Å². The lowest BCUT2D eigenvalue weighted by Gasteiger charge is -2.44. The second-order valence-electron chi connectivity index (χ2n) is 8.26. The van der Waals surface area contributed by atoms with E-state index in [2.05, 4.69) is 35.2 Å². The lowest BCUT2D eigenvalue weighted by Crippen LogP contribution is -2.55. The lowest BCUT2D eigenvalue weighted by molar-refractivity contribution is 0.00277. The van der Waals surface area contributed by atoms with Gasteiger partial charge in [-0.2, -0.15) is 0 Å². The van der Waals surface area contributed by atoms with Crippen molar-refractivity contribution in [1.82, 2.24) is 14.1 Å². The second-order valence-corrected chi connectivity index (χ2v) is 11.2. The Balaban J connectivity index is 1.64. The molecular weight excluding hydrogens is 394 g/mol. The molecule has 1 aromatic rings. The molecule has 0 aromatic carbocycles. The average Bonchev–Trinajstić information content (AvgIpc) is 3.07. The van der Waals surface area contributed by atoms with Gasteiger partial charge >= 0.3 is 0 Å². The highest BCUT2D eigenvalue weighted by Gasteiger charge is 2.33. The van der Waals surface area contributed by atoms with Gasteiger partial charge in [-0.3, -0.25) is 4.90 Å². The third kappa shape index (κ3) is 6.00. The normalized spacial score (nSPS) is 23.0. The Morgan fingerprint density at radius 2 is 1.96 bits per heavy atom. The molecule has 2 aliphatic heterocycles. The maximum atomic E-state index is 12.1. The summed E-state index contributed by atoms with van der Waals surface area (Å²) in [4.78, 5) is 6.42. The van der Waals surface area contributed by atoms with Crippen LogP contribution in [-0.2, 0) is 21.3 Å². The van der Waals surface area contributed by atoms with Crippen LogP contribution in [0, 0.1) is 6.92 Å². The third-order valence-electron chi connectivity index (χ3n) is 6.08. The van der Waals surface area contributed by atoms with Crippen LogP contribution in [0.1, 0.15) is 36.1 Å². The molecule has 1 aromatic heterocycles. The monoisotopic (exact) mass is 429 g/mol. The molecule has 0 N–H and O–H groups in total. The van der Waals surface area contributed by atoms with E-state index in [1.807, 2.05) is 11.3 Å². The summed E-state index contributed by atoms with van der Waals surface area (Å²) < 4.78 is 31.4. The molecule has 28 heavy (non-hydrogen) atoms. The number of thiophene rings is 1. The summed E-state index contributed by atoms with van der Waals surface area (Å²) in [5.41, 5.74) is 1.37.